The Bertz CT molecular complexity index is 1140. The van der Waals surface area contributed by atoms with Crippen LogP contribution in [0, 0.1) is 20.8 Å². The summed E-state index contributed by atoms with van der Waals surface area (Å²) in [6, 6.07) is 16.3. The lowest BCUT2D eigenvalue weighted by molar-refractivity contribution is -0.111. The van der Waals surface area contributed by atoms with Crippen molar-refractivity contribution in [1.29, 1.82) is 0 Å². The Morgan fingerprint density at radius 3 is 2.39 bits per heavy atom. The minimum absolute atomic E-state index is 0.145. The number of piperazine rings is 1. The van der Waals surface area contributed by atoms with E-state index in [1.54, 1.807) is 6.08 Å². The predicted octanol–water partition coefficient (Wildman–Crippen LogP) is 4.59. The zero-order valence-electron chi connectivity index (χ0n) is 20.0. The van der Waals surface area contributed by atoms with E-state index in [-0.39, 0.29) is 5.91 Å². The van der Waals surface area contributed by atoms with E-state index in [2.05, 4.69) is 39.3 Å². The van der Waals surface area contributed by atoms with Crippen LogP contribution in [-0.2, 0) is 4.79 Å². The Balaban J connectivity index is 1.43. The van der Waals surface area contributed by atoms with E-state index in [0.29, 0.717) is 0 Å². The number of benzene rings is 2. The third-order valence-corrected chi connectivity index (χ3v) is 6.40. The van der Waals surface area contributed by atoms with E-state index in [1.807, 2.05) is 67.9 Å². The summed E-state index contributed by atoms with van der Waals surface area (Å²) in [5, 5.41) is 7.67. The Morgan fingerprint density at radius 1 is 1.00 bits per heavy atom. The van der Waals surface area contributed by atoms with Gasteiger partial charge in [0, 0.05) is 54.9 Å². The molecule has 6 heteroatoms. The largest absolute Gasteiger partial charge is 0.369 e. The van der Waals surface area contributed by atoms with Crippen molar-refractivity contribution in [3.05, 3.63) is 77.1 Å². The number of aryl methyl sites for hydroxylation is 2. The summed E-state index contributed by atoms with van der Waals surface area (Å²) >= 11 is 0. The Hall–Kier alpha value is -3.38. The minimum Gasteiger partial charge on any atom is -0.369 e. The van der Waals surface area contributed by atoms with Crippen molar-refractivity contribution in [2.45, 2.75) is 27.7 Å². The van der Waals surface area contributed by atoms with Crippen molar-refractivity contribution in [3.8, 4) is 5.69 Å². The highest BCUT2D eigenvalue weighted by atomic mass is 16.1. The molecule has 0 atom stereocenters. The molecule has 0 radical (unpaired) electrons. The van der Waals surface area contributed by atoms with Gasteiger partial charge in [0.25, 0.3) is 0 Å². The van der Waals surface area contributed by atoms with Gasteiger partial charge in [0.05, 0.1) is 11.4 Å². The first-order valence-electron chi connectivity index (χ1n) is 11.6. The average molecular weight is 444 g/mol. The molecular formula is C27H33N5O. The van der Waals surface area contributed by atoms with Crippen molar-refractivity contribution in [2.24, 2.45) is 0 Å². The number of rotatable bonds is 6. The first kappa shape index (κ1) is 22.8. The van der Waals surface area contributed by atoms with Gasteiger partial charge in [0.1, 0.15) is 0 Å². The first-order valence-corrected chi connectivity index (χ1v) is 11.6. The second-order valence-electron chi connectivity index (χ2n) is 8.57. The summed E-state index contributed by atoms with van der Waals surface area (Å²) < 4.78 is 1.91. The van der Waals surface area contributed by atoms with E-state index in [0.717, 1.165) is 66.6 Å². The lowest BCUT2D eigenvalue weighted by atomic mass is 10.1. The molecule has 0 unspecified atom stereocenters. The molecule has 4 rings (SSSR count). The maximum atomic E-state index is 12.7. The van der Waals surface area contributed by atoms with E-state index >= 15 is 0 Å². The zero-order valence-corrected chi connectivity index (χ0v) is 20.0. The number of nitrogens with zero attached hydrogens (tertiary/aromatic N) is 4. The zero-order chi connectivity index (χ0) is 23.4. The molecule has 0 bridgehead atoms. The fourth-order valence-corrected chi connectivity index (χ4v) is 4.36. The quantitative estimate of drug-likeness (QED) is 0.566. The number of likely N-dealkylation sites (N-methyl/N-ethyl adjacent to an activating group) is 1. The molecule has 1 amide bonds. The van der Waals surface area contributed by atoms with Gasteiger partial charge >= 0.3 is 0 Å². The first-order chi connectivity index (χ1) is 16.0. The molecule has 1 aromatic heterocycles. The number of carbonyl (C=O) groups excluding carboxylic acids is 1. The molecule has 1 aliphatic rings. The van der Waals surface area contributed by atoms with Gasteiger partial charge in [-0.15, -0.1) is 0 Å². The molecule has 0 aliphatic carbocycles. The predicted molar refractivity (Wildman–Crippen MR) is 136 cm³/mol. The van der Waals surface area contributed by atoms with Gasteiger partial charge < -0.3 is 15.1 Å². The maximum Gasteiger partial charge on any atom is 0.248 e. The van der Waals surface area contributed by atoms with E-state index in [1.165, 1.54) is 5.69 Å². The number of carbonyl (C=O) groups is 1. The van der Waals surface area contributed by atoms with Gasteiger partial charge in [-0.1, -0.05) is 25.1 Å². The lowest BCUT2D eigenvalue weighted by Crippen LogP contribution is -2.46. The van der Waals surface area contributed by atoms with Gasteiger partial charge in [-0.2, -0.15) is 5.10 Å². The highest BCUT2D eigenvalue weighted by Gasteiger charge is 2.16. The van der Waals surface area contributed by atoms with Crippen molar-refractivity contribution >= 4 is 23.4 Å². The average Bonchev–Trinajstić information content (AvgIpc) is 3.12. The number of amides is 1. The van der Waals surface area contributed by atoms with Crippen LogP contribution in [0.25, 0.3) is 11.8 Å². The van der Waals surface area contributed by atoms with Gasteiger partial charge in [0.2, 0.25) is 5.91 Å². The van der Waals surface area contributed by atoms with Crippen LogP contribution in [-0.4, -0.2) is 53.3 Å². The molecule has 172 valence electrons. The number of para-hydroxylation sites is 1. The van der Waals surface area contributed by atoms with E-state index in [4.69, 9.17) is 0 Å². The second kappa shape index (κ2) is 10.0. The van der Waals surface area contributed by atoms with Crippen LogP contribution in [0.2, 0.25) is 0 Å². The molecule has 33 heavy (non-hydrogen) atoms. The molecule has 1 aliphatic heterocycles. The SMILES string of the molecule is CCN1CCN(c2ccc(NC(=O)/C=C/c3c(C)nn(-c4ccccc4)c3C)c(C)c2)CC1. The summed E-state index contributed by atoms with van der Waals surface area (Å²) in [4.78, 5) is 17.5. The fourth-order valence-electron chi connectivity index (χ4n) is 4.36. The van der Waals surface area contributed by atoms with Crippen LogP contribution < -0.4 is 10.2 Å². The number of aromatic nitrogens is 2. The topological polar surface area (TPSA) is 53.4 Å². The standard InChI is InChI=1S/C27H33N5O/c1-5-30-15-17-31(18-16-30)24-11-13-26(20(2)19-24)28-27(33)14-12-25-21(3)29-32(22(25)4)23-9-7-6-8-10-23/h6-14,19H,5,15-18H2,1-4H3,(H,28,33)/b14-12+. The van der Waals surface area contributed by atoms with Crippen LogP contribution in [0.5, 0.6) is 0 Å². The fraction of sp³-hybridized carbons (Fsp3) is 0.333. The molecule has 0 saturated carbocycles. The molecular weight excluding hydrogens is 410 g/mol. The van der Waals surface area contributed by atoms with Crippen LogP contribution in [0.3, 0.4) is 0 Å². The summed E-state index contributed by atoms with van der Waals surface area (Å²) in [5.41, 5.74) is 7.00. The van der Waals surface area contributed by atoms with Gasteiger partial charge in [0.15, 0.2) is 0 Å². The smallest absolute Gasteiger partial charge is 0.248 e. The van der Waals surface area contributed by atoms with Crippen molar-refractivity contribution in [2.75, 3.05) is 42.9 Å². The maximum absolute atomic E-state index is 12.7. The van der Waals surface area contributed by atoms with Crippen molar-refractivity contribution in [3.63, 3.8) is 0 Å². The van der Waals surface area contributed by atoms with Crippen LogP contribution in [0.15, 0.2) is 54.6 Å². The van der Waals surface area contributed by atoms with Crippen LogP contribution in [0.4, 0.5) is 11.4 Å². The Morgan fingerprint density at radius 2 is 1.73 bits per heavy atom. The minimum atomic E-state index is -0.145. The Labute approximate surface area is 196 Å². The van der Waals surface area contributed by atoms with E-state index in [9.17, 15) is 4.79 Å². The summed E-state index contributed by atoms with van der Waals surface area (Å²) in [6.07, 6.45) is 3.44. The summed E-state index contributed by atoms with van der Waals surface area (Å²) in [7, 11) is 0. The molecule has 0 spiro atoms. The van der Waals surface area contributed by atoms with Crippen molar-refractivity contribution in [1.82, 2.24) is 14.7 Å². The second-order valence-corrected chi connectivity index (χ2v) is 8.57. The lowest BCUT2D eigenvalue weighted by Gasteiger charge is -2.35. The molecule has 6 nitrogen and oxygen atoms in total. The highest BCUT2D eigenvalue weighted by molar-refractivity contribution is 6.02. The van der Waals surface area contributed by atoms with Gasteiger partial charge in [-0.05, 0) is 69.3 Å². The number of hydrogen-bond donors (Lipinski definition) is 1. The molecule has 2 aromatic carbocycles. The summed E-state index contributed by atoms with van der Waals surface area (Å²) in [6.45, 7) is 13.6. The van der Waals surface area contributed by atoms with Crippen LogP contribution in [0.1, 0.15) is 29.4 Å². The van der Waals surface area contributed by atoms with Crippen molar-refractivity contribution < 1.29 is 4.79 Å². The van der Waals surface area contributed by atoms with Crippen LogP contribution >= 0.6 is 0 Å². The van der Waals surface area contributed by atoms with Gasteiger partial charge in [-0.25, -0.2) is 4.68 Å². The normalized spacial score (nSPS) is 14.7. The third-order valence-electron chi connectivity index (χ3n) is 6.40. The number of anilines is 2. The third kappa shape index (κ3) is 5.17. The highest BCUT2D eigenvalue weighted by Crippen LogP contribution is 2.24. The molecule has 1 fully saturated rings. The molecule has 2 heterocycles. The van der Waals surface area contributed by atoms with Gasteiger partial charge in [-0.3, -0.25) is 4.79 Å². The Kier molecular flexibility index (Phi) is 6.94. The summed E-state index contributed by atoms with van der Waals surface area (Å²) in [5.74, 6) is -0.145. The number of hydrogen-bond acceptors (Lipinski definition) is 4. The number of nitrogens with one attached hydrogen (secondary N) is 1. The monoisotopic (exact) mass is 443 g/mol. The molecule has 3 aromatic rings. The molecule has 1 N–H and O–H groups in total. The molecule has 1 saturated heterocycles. The van der Waals surface area contributed by atoms with E-state index < -0.39 is 0 Å².